The number of nitro benzene ring substituents is 1. The maximum atomic E-state index is 11.6. The first-order valence-electron chi connectivity index (χ1n) is 9.45. The summed E-state index contributed by atoms with van der Waals surface area (Å²) in [7, 11) is 4.74. The van der Waals surface area contributed by atoms with Gasteiger partial charge in [0.2, 0.25) is 17.2 Å². The fourth-order valence-electron chi connectivity index (χ4n) is 4.70. The van der Waals surface area contributed by atoms with Gasteiger partial charge >= 0.3 is 5.69 Å². The Morgan fingerprint density at radius 2 is 1.93 bits per heavy atom. The van der Waals surface area contributed by atoms with Crippen molar-refractivity contribution in [3.05, 3.63) is 56.1 Å². The molecular weight excluding hydrogens is 408 g/mol. The van der Waals surface area contributed by atoms with Gasteiger partial charge in [-0.1, -0.05) is 17.7 Å². The highest BCUT2D eigenvalue weighted by molar-refractivity contribution is 6.31. The Morgan fingerprint density at radius 3 is 2.53 bits per heavy atom. The third kappa shape index (κ3) is 2.38. The molecule has 1 spiro atoms. The van der Waals surface area contributed by atoms with Gasteiger partial charge in [-0.25, -0.2) is 0 Å². The van der Waals surface area contributed by atoms with Gasteiger partial charge in [0.1, 0.15) is 5.75 Å². The van der Waals surface area contributed by atoms with E-state index in [2.05, 4.69) is 18.7 Å². The van der Waals surface area contributed by atoms with Crippen LogP contribution < -0.4 is 19.1 Å². The van der Waals surface area contributed by atoms with Gasteiger partial charge in [0.25, 0.3) is 0 Å². The van der Waals surface area contributed by atoms with Gasteiger partial charge in [0, 0.05) is 23.8 Å². The zero-order valence-corrected chi connectivity index (χ0v) is 18.5. The molecule has 0 bridgehead atoms. The van der Waals surface area contributed by atoms with E-state index < -0.39 is 16.1 Å². The Hall–Kier alpha value is -2.93. The SMILES string of the molecule is COc1cc2c(c(OC)c1[N+](=O)[O-])C=CC1(O2)N(C)c2c(ccc(Cl)c2C)C1(C)C. The van der Waals surface area contributed by atoms with E-state index >= 15 is 0 Å². The number of ether oxygens (including phenoxy) is 3. The van der Waals surface area contributed by atoms with Crippen molar-refractivity contribution >= 4 is 29.1 Å². The standard InChI is InChI=1S/C22H23ClN2O5/c1-12-15(23)8-7-14-18(12)24(4)22(21(14,2)3)10-9-13-16(30-22)11-17(28-5)19(25(26)27)20(13)29-6/h7-11H,1-6H3. The van der Waals surface area contributed by atoms with E-state index in [0.717, 1.165) is 16.8 Å². The van der Waals surface area contributed by atoms with Crippen LogP contribution in [0.2, 0.25) is 5.02 Å². The van der Waals surface area contributed by atoms with E-state index in [1.54, 1.807) is 6.07 Å². The van der Waals surface area contributed by atoms with Crippen molar-refractivity contribution in [1.82, 2.24) is 0 Å². The molecule has 4 rings (SSSR count). The summed E-state index contributed by atoms with van der Waals surface area (Å²) >= 11 is 6.40. The minimum absolute atomic E-state index is 0.0799. The van der Waals surface area contributed by atoms with Crippen molar-refractivity contribution in [3.63, 3.8) is 0 Å². The molecule has 2 aromatic rings. The fourth-order valence-corrected chi connectivity index (χ4v) is 4.85. The molecule has 2 aliphatic heterocycles. The van der Waals surface area contributed by atoms with Gasteiger partial charge in [-0.2, -0.15) is 0 Å². The lowest BCUT2D eigenvalue weighted by Crippen LogP contribution is -2.58. The number of benzene rings is 2. The summed E-state index contributed by atoms with van der Waals surface area (Å²) in [5.74, 6) is 0.639. The lowest BCUT2D eigenvalue weighted by molar-refractivity contribution is -0.386. The third-order valence-corrected chi connectivity index (χ3v) is 6.75. The number of rotatable bonds is 3. The summed E-state index contributed by atoms with van der Waals surface area (Å²) in [5.41, 5.74) is 2.08. The number of hydrogen-bond donors (Lipinski definition) is 0. The van der Waals surface area contributed by atoms with Gasteiger partial charge in [-0.3, -0.25) is 10.1 Å². The van der Waals surface area contributed by atoms with Crippen LogP contribution in [0.4, 0.5) is 11.4 Å². The van der Waals surface area contributed by atoms with Gasteiger partial charge < -0.3 is 19.1 Å². The van der Waals surface area contributed by atoms with E-state index in [-0.39, 0.29) is 17.2 Å². The second-order valence-electron chi connectivity index (χ2n) is 8.01. The third-order valence-electron chi connectivity index (χ3n) is 6.34. The van der Waals surface area contributed by atoms with Gasteiger partial charge in [0.15, 0.2) is 0 Å². The van der Waals surface area contributed by atoms with Crippen molar-refractivity contribution in [2.75, 3.05) is 26.2 Å². The van der Waals surface area contributed by atoms with Gasteiger partial charge in [-0.05, 0) is 50.1 Å². The summed E-state index contributed by atoms with van der Waals surface area (Å²) in [6.45, 7) is 6.21. The molecule has 0 saturated carbocycles. The van der Waals surface area contributed by atoms with Crippen LogP contribution in [-0.2, 0) is 5.41 Å². The summed E-state index contributed by atoms with van der Waals surface area (Å²) in [4.78, 5) is 13.2. The predicted molar refractivity (Wildman–Crippen MR) is 116 cm³/mol. The molecule has 0 saturated heterocycles. The van der Waals surface area contributed by atoms with E-state index in [0.29, 0.717) is 16.3 Å². The highest BCUT2D eigenvalue weighted by Gasteiger charge is 2.58. The highest BCUT2D eigenvalue weighted by Crippen LogP contribution is 2.58. The number of likely N-dealkylation sites (N-methyl/N-ethyl adjacent to an activating group) is 1. The Bertz CT molecular complexity index is 1110. The van der Waals surface area contributed by atoms with Crippen molar-refractivity contribution < 1.29 is 19.1 Å². The molecule has 2 heterocycles. The monoisotopic (exact) mass is 430 g/mol. The number of halogens is 1. The zero-order chi connectivity index (χ0) is 22.0. The first-order chi connectivity index (χ1) is 14.1. The summed E-state index contributed by atoms with van der Waals surface area (Å²) in [6.07, 6.45) is 3.76. The lowest BCUT2D eigenvalue weighted by Gasteiger charge is -2.46. The minimum Gasteiger partial charge on any atom is -0.490 e. The summed E-state index contributed by atoms with van der Waals surface area (Å²) in [6, 6.07) is 5.48. The first-order valence-corrected chi connectivity index (χ1v) is 9.83. The smallest absolute Gasteiger partial charge is 0.353 e. The quantitative estimate of drug-likeness (QED) is 0.498. The number of methoxy groups -OCH3 is 2. The summed E-state index contributed by atoms with van der Waals surface area (Å²) in [5, 5.41) is 12.3. The molecule has 1 unspecified atom stereocenters. The maximum absolute atomic E-state index is 11.6. The Labute approximate surface area is 179 Å². The van der Waals surface area contributed by atoms with Crippen LogP contribution in [0.1, 0.15) is 30.5 Å². The highest BCUT2D eigenvalue weighted by atomic mass is 35.5. The van der Waals surface area contributed by atoms with Crippen LogP contribution in [0.15, 0.2) is 24.3 Å². The minimum atomic E-state index is -0.857. The average Bonchev–Trinajstić information content (AvgIpc) is 2.87. The Kier molecular flexibility index (Phi) is 4.43. The van der Waals surface area contributed by atoms with Crippen molar-refractivity contribution in [3.8, 4) is 17.2 Å². The largest absolute Gasteiger partial charge is 0.490 e. The summed E-state index contributed by atoms with van der Waals surface area (Å²) < 4.78 is 17.3. The van der Waals surface area contributed by atoms with E-state index in [1.165, 1.54) is 14.2 Å². The van der Waals surface area contributed by atoms with Crippen LogP contribution in [0.5, 0.6) is 17.2 Å². The van der Waals surface area contributed by atoms with E-state index in [9.17, 15) is 10.1 Å². The number of hydrogen-bond acceptors (Lipinski definition) is 6. The normalized spacial score (nSPS) is 20.6. The predicted octanol–water partition coefficient (Wildman–Crippen LogP) is 5.10. The van der Waals surface area contributed by atoms with Crippen molar-refractivity contribution in [1.29, 1.82) is 0 Å². The number of fused-ring (bicyclic) bond motifs is 2. The Morgan fingerprint density at radius 1 is 1.23 bits per heavy atom. The van der Waals surface area contributed by atoms with Crippen LogP contribution in [0.3, 0.4) is 0 Å². The number of anilines is 1. The van der Waals surface area contributed by atoms with Gasteiger partial charge in [0.05, 0.1) is 30.1 Å². The molecule has 0 fully saturated rings. The molecule has 0 N–H and O–H groups in total. The number of nitrogens with zero attached hydrogens (tertiary/aromatic N) is 2. The second-order valence-corrected chi connectivity index (χ2v) is 8.42. The molecule has 0 aliphatic carbocycles. The van der Waals surface area contributed by atoms with Crippen LogP contribution in [-0.4, -0.2) is 31.9 Å². The molecule has 8 heteroatoms. The molecule has 0 radical (unpaired) electrons. The van der Waals surface area contributed by atoms with Crippen molar-refractivity contribution in [2.24, 2.45) is 0 Å². The molecular formula is C22H23ClN2O5. The molecule has 0 amide bonds. The molecule has 0 aromatic heterocycles. The topological polar surface area (TPSA) is 74.1 Å². The number of nitro groups is 1. The molecule has 30 heavy (non-hydrogen) atoms. The maximum Gasteiger partial charge on any atom is 0.353 e. The molecule has 7 nitrogen and oxygen atoms in total. The Balaban J connectivity index is 1.94. The van der Waals surface area contributed by atoms with Crippen molar-refractivity contribution in [2.45, 2.75) is 31.9 Å². The lowest BCUT2D eigenvalue weighted by atomic mass is 9.76. The fraction of sp³-hybridized carbons (Fsp3) is 0.364. The first kappa shape index (κ1) is 20.3. The molecule has 2 aromatic carbocycles. The van der Waals surface area contributed by atoms with Crippen LogP contribution >= 0.6 is 11.6 Å². The molecule has 158 valence electrons. The average molecular weight is 431 g/mol. The molecule has 1 atom stereocenters. The van der Waals surface area contributed by atoms with Crippen LogP contribution in [0, 0.1) is 17.0 Å². The van der Waals surface area contributed by atoms with Gasteiger partial charge in [-0.15, -0.1) is 0 Å². The second kappa shape index (κ2) is 6.54. The molecule has 2 aliphatic rings. The van der Waals surface area contributed by atoms with E-state index in [4.69, 9.17) is 25.8 Å². The zero-order valence-electron chi connectivity index (χ0n) is 17.7. The van der Waals surface area contributed by atoms with Crippen LogP contribution in [0.25, 0.3) is 6.08 Å². The van der Waals surface area contributed by atoms with E-state index in [1.807, 2.05) is 38.3 Å².